The van der Waals surface area contributed by atoms with Crippen LogP contribution in [0.3, 0.4) is 0 Å². The fourth-order valence-electron chi connectivity index (χ4n) is 2.23. The fraction of sp³-hybridized carbons (Fsp3) is 1.00. The molecule has 1 atom stereocenters. The van der Waals surface area contributed by atoms with Crippen LogP contribution in [0.15, 0.2) is 0 Å². The molecule has 16 heavy (non-hydrogen) atoms. The second kappa shape index (κ2) is 10.1. The van der Waals surface area contributed by atoms with Crippen molar-refractivity contribution < 1.29 is 9.47 Å². The molecule has 0 amide bonds. The van der Waals surface area contributed by atoms with Crippen LogP contribution in [0, 0.1) is 0 Å². The lowest BCUT2D eigenvalue weighted by Gasteiger charge is -2.22. The van der Waals surface area contributed by atoms with Crippen LogP contribution >= 0.6 is 0 Å². The van der Waals surface area contributed by atoms with Gasteiger partial charge in [-0.2, -0.15) is 0 Å². The van der Waals surface area contributed by atoms with E-state index >= 15 is 0 Å². The molecule has 96 valence electrons. The van der Waals surface area contributed by atoms with Gasteiger partial charge in [0.2, 0.25) is 0 Å². The highest BCUT2D eigenvalue weighted by Crippen LogP contribution is 2.15. The molecule has 1 heterocycles. The molecule has 0 aromatic heterocycles. The van der Waals surface area contributed by atoms with Gasteiger partial charge < -0.3 is 9.47 Å². The Morgan fingerprint density at radius 3 is 2.25 bits per heavy atom. The first-order valence-electron chi connectivity index (χ1n) is 7.13. The second-order valence-electron chi connectivity index (χ2n) is 4.87. The Hall–Kier alpha value is -0.0800. The Balaban J connectivity index is 1.77. The lowest BCUT2D eigenvalue weighted by molar-refractivity contribution is -0.140. The van der Waals surface area contributed by atoms with Gasteiger partial charge in [-0.3, -0.25) is 0 Å². The van der Waals surface area contributed by atoms with Crippen molar-refractivity contribution >= 4 is 0 Å². The zero-order valence-corrected chi connectivity index (χ0v) is 10.9. The molecule has 1 rings (SSSR count). The molecule has 0 aliphatic carbocycles. The first-order chi connectivity index (χ1) is 7.93. The maximum Gasteiger partial charge on any atom is 0.147 e. The van der Waals surface area contributed by atoms with Gasteiger partial charge in [-0.15, -0.1) is 0 Å². The van der Waals surface area contributed by atoms with Gasteiger partial charge in [0.25, 0.3) is 0 Å². The summed E-state index contributed by atoms with van der Waals surface area (Å²) in [4.78, 5) is 0. The van der Waals surface area contributed by atoms with E-state index in [1.54, 1.807) is 0 Å². The Morgan fingerprint density at radius 2 is 1.62 bits per heavy atom. The summed E-state index contributed by atoms with van der Waals surface area (Å²) >= 11 is 0. The molecule has 0 saturated carbocycles. The fourth-order valence-corrected chi connectivity index (χ4v) is 2.23. The number of unbranched alkanes of at least 4 members (excludes halogenated alkanes) is 7. The van der Waals surface area contributed by atoms with Gasteiger partial charge in [-0.1, -0.05) is 58.3 Å². The zero-order chi connectivity index (χ0) is 11.5. The van der Waals surface area contributed by atoms with E-state index in [2.05, 4.69) is 6.92 Å². The van der Waals surface area contributed by atoms with E-state index in [0.717, 1.165) is 13.0 Å². The summed E-state index contributed by atoms with van der Waals surface area (Å²) in [6, 6.07) is 0. The van der Waals surface area contributed by atoms with E-state index in [9.17, 15) is 0 Å². The van der Waals surface area contributed by atoms with Gasteiger partial charge in [0, 0.05) is 0 Å². The summed E-state index contributed by atoms with van der Waals surface area (Å²) in [7, 11) is 0. The summed E-state index contributed by atoms with van der Waals surface area (Å²) < 4.78 is 10.7. The smallest absolute Gasteiger partial charge is 0.147 e. The van der Waals surface area contributed by atoms with Crippen LogP contribution in [-0.4, -0.2) is 19.5 Å². The van der Waals surface area contributed by atoms with Gasteiger partial charge in [-0.25, -0.2) is 0 Å². The maximum absolute atomic E-state index is 5.52. The van der Waals surface area contributed by atoms with Crippen molar-refractivity contribution in [1.29, 1.82) is 0 Å². The highest BCUT2D eigenvalue weighted by Gasteiger charge is 2.12. The van der Waals surface area contributed by atoms with E-state index in [4.69, 9.17) is 9.47 Å². The van der Waals surface area contributed by atoms with E-state index in [1.165, 1.54) is 57.8 Å². The molecule has 1 aliphatic heterocycles. The predicted molar refractivity (Wildman–Crippen MR) is 67.5 cm³/mol. The van der Waals surface area contributed by atoms with E-state index in [1.807, 2.05) is 0 Å². The Kier molecular flexibility index (Phi) is 8.83. The first kappa shape index (κ1) is 14.0. The number of hydrogen-bond donors (Lipinski definition) is 0. The third-order valence-corrected chi connectivity index (χ3v) is 3.35. The number of ether oxygens (including phenoxy) is 2. The van der Waals surface area contributed by atoms with Gasteiger partial charge >= 0.3 is 0 Å². The summed E-state index contributed by atoms with van der Waals surface area (Å²) in [5.41, 5.74) is 0. The topological polar surface area (TPSA) is 18.5 Å². The molecule has 0 bridgehead atoms. The molecule has 2 nitrogen and oxygen atoms in total. The maximum atomic E-state index is 5.52. The molecule has 2 heteroatoms. The third kappa shape index (κ3) is 7.24. The minimum atomic E-state index is 0.480. The standard InChI is InChI=1S/C14H28O2/c1-2-3-4-5-6-7-8-9-10-14-11-12-15-13-16-14/h14H,2-13H2,1H3. The van der Waals surface area contributed by atoms with Crippen molar-refractivity contribution in [3.05, 3.63) is 0 Å². The molecule has 0 radical (unpaired) electrons. The molecule has 0 N–H and O–H groups in total. The van der Waals surface area contributed by atoms with Crippen molar-refractivity contribution in [3.63, 3.8) is 0 Å². The Bertz CT molecular complexity index is 142. The molecular weight excluding hydrogens is 200 g/mol. The average molecular weight is 228 g/mol. The number of hydrogen-bond acceptors (Lipinski definition) is 2. The van der Waals surface area contributed by atoms with Crippen LogP contribution in [-0.2, 0) is 9.47 Å². The SMILES string of the molecule is CCCCCCCCCCC1CCOCO1. The molecule has 0 aromatic carbocycles. The van der Waals surface area contributed by atoms with E-state index < -0.39 is 0 Å². The Labute approximate surface area is 101 Å². The molecule has 1 saturated heterocycles. The third-order valence-electron chi connectivity index (χ3n) is 3.35. The highest BCUT2D eigenvalue weighted by molar-refractivity contribution is 4.60. The van der Waals surface area contributed by atoms with Gasteiger partial charge in [0.15, 0.2) is 0 Å². The summed E-state index contributed by atoms with van der Waals surface area (Å²) in [6.07, 6.45) is 14.0. The van der Waals surface area contributed by atoms with Crippen molar-refractivity contribution in [1.82, 2.24) is 0 Å². The lowest BCUT2D eigenvalue weighted by atomic mass is 10.0. The predicted octanol–water partition coefficient (Wildman–Crippen LogP) is 4.28. The van der Waals surface area contributed by atoms with Crippen molar-refractivity contribution in [2.45, 2.75) is 77.2 Å². The van der Waals surface area contributed by atoms with Gasteiger partial charge in [0.05, 0.1) is 12.7 Å². The molecule has 0 aromatic rings. The monoisotopic (exact) mass is 228 g/mol. The molecule has 0 spiro atoms. The van der Waals surface area contributed by atoms with Crippen LogP contribution in [0.4, 0.5) is 0 Å². The van der Waals surface area contributed by atoms with Crippen LogP contribution in [0.2, 0.25) is 0 Å². The minimum Gasteiger partial charge on any atom is -0.355 e. The highest BCUT2D eigenvalue weighted by atomic mass is 16.7. The van der Waals surface area contributed by atoms with Crippen molar-refractivity contribution in [3.8, 4) is 0 Å². The largest absolute Gasteiger partial charge is 0.355 e. The van der Waals surface area contributed by atoms with Crippen LogP contribution in [0.25, 0.3) is 0 Å². The minimum absolute atomic E-state index is 0.480. The number of rotatable bonds is 9. The van der Waals surface area contributed by atoms with E-state index in [-0.39, 0.29) is 0 Å². The van der Waals surface area contributed by atoms with Crippen molar-refractivity contribution in [2.24, 2.45) is 0 Å². The van der Waals surface area contributed by atoms with Crippen LogP contribution < -0.4 is 0 Å². The van der Waals surface area contributed by atoms with Gasteiger partial charge in [-0.05, 0) is 12.8 Å². The van der Waals surface area contributed by atoms with Gasteiger partial charge in [0.1, 0.15) is 6.79 Å². The van der Waals surface area contributed by atoms with Crippen LogP contribution in [0.5, 0.6) is 0 Å². The average Bonchev–Trinajstić information content (AvgIpc) is 2.34. The summed E-state index contributed by atoms with van der Waals surface area (Å²) in [5, 5.41) is 0. The van der Waals surface area contributed by atoms with E-state index in [0.29, 0.717) is 12.9 Å². The Morgan fingerprint density at radius 1 is 0.938 bits per heavy atom. The normalized spacial score (nSPS) is 21.2. The quantitative estimate of drug-likeness (QED) is 0.548. The molecular formula is C14H28O2. The molecule has 1 aliphatic rings. The van der Waals surface area contributed by atoms with Crippen LogP contribution in [0.1, 0.15) is 71.1 Å². The summed E-state index contributed by atoms with van der Waals surface area (Å²) in [6.45, 7) is 3.68. The molecule has 1 unspecified atom stereocenters. The zero-order valence-electron chi connectivity index (χ0n) is 10.9. The molecule has 1 fully saturated rings. The first-order valence-corrected chi connectivity index (χ1v) is 7.13. The second-order valence-corrected chi connectivity index (χ2v) is 4.87. The summed E-state index contributed by atoms with van der Waals surface area (Å²) in [5.74, 6) is 0. The lowest BCUT2D eigenvalue weighted by Crippen LogP contribution is -2.23. The van der Waals surface area contributed by atoms with Crippen molar-refractivity contribution in [2.75, 3.05) is 13.4 Å².